The highest BCUT2D eigenvalue weighted by atomic mass is 16.3. The number of benzene rings is 1. The number of carbonyl (C=O) groups excluding carboxylic acids is 2. The molecule has 4 rings (SSSR count). The van der Waals surface area contributed by atoms with Crippen LogP contribution in [0, 0.1) is 29.1 Å². The van der Waals surface area contributed by atoms with E-state index in [-0.39, 0.29) is 42.1 Å². The molecule has 1 fully saturated rings. The van der Waals surface area contributed by atoms with E-state index in [1.807, 2.05) is 55.5 Å². The molecule has 3 N–H and O–H groups in total. The second kappa shape index (κ2) is 9.03. The molecule has 1 spiro atoms. The van der Waals surface area contributed by atoms with Crippen LogP contribution >= 0.6 is 0 Å². The minimum absolute atomic E-state index is 0.0977. The fraction of sp³-hybridized carbons (Fsp3) is 0.500. The molecule has 5 heteroatoms. The van der Waals surface area contributed by atoms with Gasteiger partial charge in [-0.25, -0.2) is 0 Å². The van der Waals surface area contributed by atoms with Crippen LogP contribution in [-0.2, 0) is 16.0 Å². The fourth-order valence-electron chi connectivity index (χ4n) is 6.31. The molecule has 7 atom stereocenters. The number of rotatable bonds is 3. The number of nitrogens with one attached hydrogen (secondary N) is 1. The van der Waals surface area contributed by atoms with Gasteiger partial charge in [0.1, 0.15) is 5.41 Å². The van der Waals surface area contributed by atoms with Gasteiger partial charge in [-0.3, -0.25) is 9.59 Å². The van der Waals surface area contributed by atoms with Crippen molar-refractivity contribution in [3.8, 4) is 0 Å². The van der Waals surface area contributed by atoms with Crippen molar-refractivity contribution in [1.82, 2.24) is 5.32 Å². The Morgan fingerprint density at radius 1 is 1.15 bits per heavy atom. The third-order valence-electron chi connectivity index (χ3n) is 7.82. The Morgan fingerprint density at radius 3 is 2.58 bits per heavy atom. The normalized spacial score (nSPS) is 38.7. The maximum Gasteiger partial charge on any atom is 0.235 e. The standard InChI is InChI=1S/C28H35NO4/c1-18-8-7-11-22-15-21(17-30)19(2)25-23(14-20-9-5-4-6-10-20)29-26(32)28(22,25)24(31)12-13-27(3,33)16-18/h4-7,9-13,15,18-19,22-23,25,30,33H,8,14,16-17H2,1-3H3,(H,29,32). The summed E-state index contributed by atoms with van der Waals surface area (Å²) >= 11 is 0. The van der Waals surface area contributed by atoms with E-state index in [1.54, 1.807) is 13.0 Å². The Bertz CT molecular complexity index is 992. The first-order valence-electron chi connectivity index (χ1n) is 12.0. The maximum atomic E-state index is 13.9. The molecule has 0 radical (unpaired) electrons. The first kappa shape index (κ1) is 23.7. The van der Waals surface area contributed by atoms with Gasteiger partial charge in [-0.2, -0.15) is 0 Å². The molecule has 33 heavy (non-hydrogen) atoms. The smallest absolute Gasteiger partial charge is 0.235 e. The van der Waals surface area contributed by atoms with Crippen LogP contribution in [0.25, 0.3) is 0 Å². The molecule has 1 aromatic carbocycles. The molecule has 0 bridgehead atoms. The van der Waals surface area contributed by atoms with Crippen LogP contribution < -0.4 is 5.32 Å². The largest absolute Gasteiger partial charge is 0.392 e. The molecule has 5 nitrogen and oxygen atoms in total. The molecule has 0 saturated carbocycles. The number of allylic oxidation sites excluding steroid dienone is 4. The first-order chi connectivity index (χ1) is 15.7. The number of hydrogen-bond acceptors (Lipinski definition) is 4. The molecule has 1 saturated heterocycles. The molecule has 1 heterocycles. The summed E-state index contributed by atoms with van der Waals surface area (Å²) < 4.78 is 0. The van der Waals surface area contributed by atoms with E-state index in [1.165, 1.54) is 6.08 Å². The molecule has 176 valence electrons. The van der Waals surface area contributed by atoms with Crippen molar-refractivity contribution in [3.63, 3.8) is 0 Å². The lowest BCUT2D eigenvalue weighted by Gasteiger charge is -2.44. The first-order valence-corrected chi connectivity index (χ1v) is 12.0. The molecule has 1 aliphatic heterocycles. The van der Waals surface area contributed by atoms with Crippen LogP contribution in [0.2, 0.25) is 0 Å². The lowest BCUT2D eigenvalue weighted by Crippen LogP contribution is -2.52. The molecule has 0 aromatic heterocycles. The predicted octanol–water partition coefficient (Wildman–Crippen LogP) is 3.38. The lowest BCUT2D eigenvalue weighted by molar-refractivity contribution is -0.142. The van der Waals surface area contributed by atoms with Gasteiger partial charge in [0.15, 0.2) is 5.78 Å². The van der Waals surface area contributed by atoms with Crippen molar-refractivity contribution in [2.24, 2.45) is 29.1 Å². The van der Waals surface area contributed by atoms with E-state index < -0.39 is 16.9 Å². The van der Waals surface area contributed by atoms with Gasteiger partial charge in [-0.15, -0.1) is 0 Å². The SMILES string of the molecule is CC1CC=CC2C=C(CO)C(C)C3C(Cc4ccccc4)NC(=O)C23C(=O)C=CC(C)(O)C1. The lowest BCUT2D eigenvalue weighted by atomic mass is 9.55. The van der Waals surface area contributed by atoms with E-state index in [9.17, 15) is 19.8 Å². The second-order valence-corrected chi connectivity index (χ2v) is 10.4. The molecular weight excluding hydrogens is 414 g/mol. The van der Waals surface area contributed by atoms with Gasteiger partial charge < -0.3 is 15.5 Å². The van der Waals surface area contributed by atoms with Crippen molar-refractivity contribution in [3.05, 3.63) is 71.8 Å². The molecule has 2 aliphatic carbocycles. The Balaban J connectivity index is 1.86. The minimum Gasteiger partial charge on any atom is -0.392 e. The molecule has 3 aliphatic rings. The van der Waals surface area contributed by atoms with Gasteiger partial charge in [0.2, 0.25) is 5.91 Å². The zero-order valence-corrected chi connectivity index (χ0v) is 19.7. The van der Waals surface area contributed by atoms with Gasteiger partial charge in [0, 0.05) is 17.9 Å². The van der Waals surface area contributed by atoms with Crippen LogP contribution in [0.5, 0.6) is 0 Å². The Labute approximate surface area is 196 Å². The highest BCUT2D eigenvalue weighted by Crippen LogP contribution is 2.54. The monoisotopic (exact) mass is 449 g/mol. The highest BCUT2D eigenvalue weighted by Gasteiger charge is 2.65. The van der Waals surface area contributed by atoms with Gasteiger partial charge in [-0.05, 0) is 61.3 Å². The topological polar surface area (TPSA) is 86.6 Å². The second-order valence-electron chi connectivity index (χ2n) is 10.4. The molecule has 1 amide bonds. The summed E-state index contributed by atoms with van der Waals surface area (Å²) in [6.45, 7) is 5.69. The van der Waals surface area contributed by atoms with Gasteiger partial charge in [0.05, 0.1) is 12.2 Å². The van der Waals surface area contributed by atoms with Crippen LogP contribution in [0.1, 0.15) is 39.2 Å². The van der Waals surface area contributed by atoms with Gasteiger partial charge >= 0.3 is 0 Å². The number of aliphatic hydroxyl groups excluding tert-OH is 1. The summed E-state index contributed by atoms with van der Waals surface area (Å²) in [5.41, 5.74) is -0.462. The van der Waals surface area contributed by atoms with Crippen LogP contribution in [0.3, 0.4) is 0 Å². The zero-order chi connectivity index (χ0) is 23.8. The molecule has 1 aromatic rings. The fourth-order valence-corrected chi connectivity index (χ4v) is 6.31. The van der Waals surface area contributed by atoms with E-state index in [0.29, 0.717) is 12.8 Å². The summed E-state index contributed by atoms with van der Waals surface area (Å²) in [7, 11) is 0. The Hall–Kier alpha value is -2.50. The maximum absolute atomic E-state index is 13.9. The average Bonchev–Trinajstić information content (AvgIpc) is 3.06. The van der Waals surface area contributed by atoms with Crippen LogP contribution in [0.15, 0.2) is 66.3 Å². The summed E-state index contributed by atoms with van der Waals surface area (Å²) in [4.78, 5) is 27.7. The molecule has 7 unspecified atom stereocenters. The van der Waals surface area contributed by atoms with Crippen LogP contribution in [0.4, 0.5) is 0 Å². The number of aliphatic hydroxyl groups is 2. The molecular formula is C28H35NO4. The van der Waals surface area contributed by atoms with Crippen LogP contribution in [-0.4, -0.2) is 40.2 Å². The number of hydrogen-bond donors (Lipinski definition) is 3. The number of ketones is 1. The van der Waals surface area contributed by atoms with E-state index in [0.717, 1.165) is 17.6 Å². The summed E-state index contributed by atoms with van der Waals surface area (Å²) in [6.07, 6.45) is 10.8. The summed E-state index contributed by atoms with van der Waals surface area (Å²) in [5.74, 6) is -1.22. The van der Waals surface area contributed by atoms with Crippen molar-refractivity contribution in [1.29, 1.82) is 0 Å². The minimum atomic E-state index is -1.30. The van der Waals surface area contributed by atoms with Crippen molar-refractivity contribution in [2.75, 3.05) is 6.61 Å². The van der Waals surface area contributed by atoms with E-state index in [2.05, 4.69) is 12.2 Å². The van der Waals surface area contributed by atoms with E-state index in [4.69, 9.17) is 0 Å². The highest BCUT2D eigenvalue weighted by molar-refractivity contribution is 6.13. The number of carbonyl (C=O) groups is 2. The Morgan fingerprint density at radius 2 is 1.88 bits per heavy atom. The van der Waals surface area contributed by atoms with E-state index >= 15 is 0 Å². The third-order valence-corrected chi connectivity index (χ3v) is 7.82. The van der Waals surface area contributed by atoms with Gasteiger partial charge in [0.25, 0.3) is 0 Å². The van der Waals surface area contributed by atoms with Crippen molar-refractivity contribution >= 4 is 11.7 Å². The van der Waals surface area contributed by atoms with Crippen molar-refractivity contribution in [2.45, 2.75) is 51.7 Å². The predicted molar refractivity (Wildman–Crippen MR) is 128 cm³/mol. The number of amides is 1. The van der Waals surface area contributed by atoms with Gasteiger partial charge in [-0.1, -0.05) is 62.4 Å². The summed E-state index contributed by atoms with van der Waals surface area (Å²) in [6, 6.07) is 9.73. The summed E-state index contributed by atoms with van der Waals surface area (Å²) in [5, 5.41) is 24.1. The average molecular weight is 450 g/mol. The zero-order valence-electron chi connectivity index (χ0n) is 19.7. The quantitative estimate of drug-likeness (QED) is 0.488. The van der Waals surface area contributed by atoms with Crippen molar-refractivity contribution < 1.29 is 19.8 Å². The third kappa shape index (κ3) is 4.24. The Kier molecular flexibility index (Phi) is 6.47.